The van der Waals surface area contributed by atoms with Crippen LogP contribution in [-0.2, 0) is 0 Å². The Morgan fingerprint density at radius 3 is 2.83 bits per heavy atom. The second kappa shape index (κ2) is 2.59. The third-order valence-electron chi connectivity index (χ3n) is 0.503. The molecule has 0 aromatic heterocycles. The third kappa shape index (κ3) is 1.27. The summed E-state index contributed by atoms with van der Waals surface area (Å²) in [5.41, 5.74) is -0.0150. The van der Waals surface area contributed by atoms with Gasteiger partial charge in [0, 0.05) is 12.9 Å². The molecule has 0 aromatic carbocycles. The molecular weight excluding hydrogens is 112 g/mol. The van der Waals surface area contributed by atoms with Gasteiger partial charge in [-0.2, -0.15) is 0 Å². The summed E-state index contributed by atoms with van der Waals surface area (Å²) in [4.78, 5) is 0. The standard InChI is InChI=1S/C4H6S2/c1-2-4-6-5-3-1/h1-2H,3-4H2/i3D. The van der Waals surface area contributed by atoms with Gasteiger partial charge in [0.05, 0.1) is 0 Å². The fraction of sp³-hybridized carbons (Fsp3) is 0.500. The molecule has 1 heterocycles. The first kappa shape index (κ1) is 3.44. The predicted octanol–water partition coefficient (Wildman–Crippen LogP) is 1.94. The van der Waals surface area contributed by atoms with E-state index in [1.54, 1.807) is 21.6 Å². The normalized spacial score (nSPS) is 36.0. The maximum atomic E-state index is 7.13. The molecule has 0 amide bonds. The molecule has 1 unspecified atom stereocenters. The van der Waals surface area contributed by atoms with Crippen molar-refractivity contribution >= 4 is 21.6 Å². The van der Waals surface area contributed by atoms with Crippen LogP contribution in [-0.4, -0.2) is 11.5 Å². The first-order valence-corrected chi connectivity index (χ1v) is 4.15. The van der Waals surface area contributed by atoms with Crippen molar-refractivity contribution in [3.05, 3.63) is 12.2 Å². The molecule has 34 valence electrons. The van der Waals surface area contributed by atoms with E-state index in [-0.39, 0.29) is 5.73 Å². The summed E-state index contributed by atoms with van der Waals surface area (Å²) < 4.78 is 7.13. The van der Waals surface area contributed by atoms with E-state index in [9.17, 15) is 0 Å². The first-order valence-electron chi connectivity index (χ1n) is 2.34. The molecule has 0 nitrogen and oxygen atoms in total. The topological polar surface area (TPSA) is 0 Å². The van der Waals surface area contributed by atoms with Gasteiger partial charge in [-0.15, -0.1) is 0 Å². The van der Waals surface area contributed by atoms with Gasteiger partial charge in [-0.1, -0.05) is 33.7 Å². The SMILES string of the molecule is [2H]C1C=CCSS1. The van der Waals surface area contributed by atoms with Crippen LogP contribution >= 0.6 is 21.6 Å². The van der Waals surface area contributed by atoms with Gasteiger partial charge in [0.25, 0.3) is 0 Å². The molecule has 0 aromatic rings. The Hall–Kier alpha value is 0.440. The molecule has 0 aliphatic carbocycles. The van der Waals surface area contributed by atoms with Crippen LogP contribution in [0.1, 0.15) is 1.37 Å². The van der Waals surface area contributed by atoms with Crippen LogP contribution in [0.3, 0.4) is 0 Å². The van der Waals surface area contributed by atoms with Gasteiger partial charge in [0.1, 0.15) is 0 Å². The molecule has 0 saturated heterocycles. The molecule has 6 heavy (non-hydrogen) atoms. The van der Waals surface area contributed by atoms with E-state index >= 15 is 0 Å². The zero-order chi connectivity index (χ0) is 5.11. The Labute approximate surface area is 47.2 Å². The summed E-state index contributed by atoms with van der Waals surface area (Å²) in [6.07, 6.45) is 3.96. The van der Waals surface area contributed by atoms with E-state index < -0.39 is 0 Å². The molecule has 0 N–H and O–H groups in total. The van der Waals surface area contributed by atoms with Crippen molar-refractivity contribution in [1.82, 2.24) is 0 Å². The number of hydrogen-bond donors (Lipinski definition) is 0. The average molecular weight is 119 g/mol. The largest absolute Gasteiger partial charge is 0.0897 e. The summed E-state index contributed by atoms with van der Waals surface area (Å²) in [7, 11) is 3.36. The Morgan fingerprint density at radius 2 is 2.50 bits per heavy atom. The lowest BCUT2D eigenvalue weighted by Gasteiger charge is -1.96. The van der Waals surface area contributed by atoms with Crippen LogP contribution in [0.4, 0.5) is 0 Å². The van der Waals surface area contributed by atoms with Gasteiger partial charge in [-0.25, -0.2) is 0 Å². The van der Waals surface area contributed by atoms with Gasteiger partial charge in [-0.05, 0) is 0 Å². The smallest absolute Gasteiger partial charge is 0.0433 e. The molecule has 1 aliphatic rings. The lowest BCUT2D eigenvalue weighted by atomic mass is 10.6. The Bertz CT molecular complexity index is 81.8. The van der Waals surface area contributed by atoms with Gasteiger partial charge in [0.2, 0.25) is 0 Å². The van der Waals surface area contributed by atoms with E-state index in [0.29, 0.717) is 0 Å². The lowest BCUT2D eigenvalue weighted by molar-refractivity contribution is 1.67. The highest BCUT2D eigenvalue weighted by Gasteiger charge is 1.87. The Morgan fingerprint density at radius 1 is 1.50 bits per heavy atom. The summed E-state index contributed by atoms with van der Waals surface area (Å²) in [6.45, 7) is 0. The molecular formula is C4H6S2. The van der Waals surface area contributed by atoms with E-state index in [1.807, 2.05) is 12.2 Å². The van der Waals surface area contributed by atoms with Crippen molar-refractivity contribution < 1.29 is 1.37 Å². The van der Waals surface area contributed by atoms with Crippen LogP contribution in [0.5, 0.6) is 0 Å². The van der Waals surface area contributed by atoms with E-state index in [1.165, 1.54) is 0 Å². The van der Waals surface area contributed by atoms with Crippen LogP contribution < -0.4 is 0 Å². The summed E-state index contributed by atoms with van der Waals surface area (Å²) in [5, 5.41) is 0. The minimum Gasteiger partial charge on any atom is -0.0897 e. The molecule has 1 rings (SSSR count). The fourth-order valence-electron chi connectivity index (χ4n) is 0.261. The number of hydrogen-bond acceptors (Lipinski definition) is 2. The van der Waals surface area contributed by atoms with Gasteiger partial charge in [-0.3, -0.25) is 0 Å². The minimum atomic E-state index is -0.0150. The highest BCUT2D eigenvalue weighted by molar-refractivity contribution is 8.76. The Balaban J connectivity index is 2.36. The quantitative estimate of drug-likeness (QED) is 0.353. The molecule has 0 bridgehead atoms. The van der Waals surface area contributed by atoms with Crippen LogP contribution in [0.25, 0.3) is 0 Å². The minimum absolute atomic E-state index is 0.0150. The molecule has 0 fully saturated rings. The van der Waals surface area contributed by atoms with Gasteiger partial charge >= 0.3 is 0 Å². The molecule has 1 aliphatic heterocycles. The Kier molecular flexibility index (Phi) is 1.48. The highest BCUT2D eigenvalue weighted by Crippen LogP contribution is 2.24. The molecule has 0 spiro atoms. The number of rotatable bonds is 0. The summed E-state index contributed by atoms with van der Waals surface area (Å²) in [6, 6.07) is 0. The van der Waals surface area contributed by atoms with E-state index in [2.05, 4.69) is 0 Å². The molecule has 0 radical (unpaired) electrons. The van der Waals surface area contributed by atoms with Crippen molar-refractivity contribution in [2.75, 3.05) is 11.5 Å². The van der Waals surface area contributed by atoms with E-state index in [4.69, 9.17) is 1.37 Å². The summed E-state index contributed by atoms with van der Waals surface area (Å²) >= 11 is 0. The highest BCUT2D eigenvalue weighted by atomic mass is 33.1. The maximum absolute atomic E-state index is 7.13. The summed E-state index contributed by atoms with van der Waals surface area (Å²) in [5.74, 6) is 1.07. The van der Waals surface area contributed by atoms with Gasteiger partial charge < -0.3 is 0 Å². The molecule has 1 atom stereocenters. The van der Waals surface area contributed by atoms with Crippen molar-refractivity contribution in [3.8, 4) is 0 Å². The average Bonchev–Trinajstić information content (AvgIpc) is 1.69. The van der Waals surface area contributed by atoms with Crippen LogP contribution in [0.15, 0.2) is 12.2 Å². The van der Waals surface area contributed by atoms with Gasteiger partial charge in [0.15, 0.2) is 0 Å². The van der Waals surface area contributed by atoms with Crippen molar-refractivity contribution in [3.63, 3.8) is 0 Å². The van der Waals surface area contributed by atoms with Crippen molar-refractivity contribution in [1.29, 1.82) is 0 Å². The van der Waals surface area contributed by atoms with Crippen molar-refractivity contribution in [2.45, 2.75) is 0 Å². The lowest BCUT2D eigenvalue weighted by Crippen LogP contribution is -1.75. The monoisotopic (exact) mass is 119 g/mol. The second-order valence-corrected chi connectivity index (χ2v) is 3.26. The van der Waals surface area contributed by atoms with Crippen LogP contribution in [0, 0.1) is 0 Å². The fourth-order valence-corrected chi connectivity index (χ4v) is 1.68. The van der Waals surface area contributed by atoms with Crippen LogP contribution in [0.2, 0.25) is 0 Å². The zero-order valence-electron chi connectivity index (χ0n) is 4.26. The third-order valence-corrected chi connectivity index (χ3v) is 2.39. The molecule has 0 saturated carbocycles. The maximum Gasteiger partial charge on any atom is 0.0433 e. The van der Waals surface area contributed by atoms with E-state index in [0.717, 1.165) is 5.75 Å². The predicted molar refractivity (Wildman–Crippen MR) is 34.1 cm³/mol. The first-order chi connectivity index (χ1) is 3.39. The zero-order valence-corrected chi connectivity index (χ0v) is 4.89. The second-order valence-electron chi connectivity index (χ2n) is 0.945. The molecule has 2 heteroatoms. The van der Waals surface area contributed by atoms with Crippen molar-refractivity contribution in [2.24, 2.45) is 0 Å².